The maximum Gasteiger partial charge on any atom is 0.249 e. The van der Waals surface area contributed by atoms with Crippen molar-refractivity contribution in [2.24, 2.45) is 0 Å². The molecule has 0 saturated heterocycles. The molecule has 2 aromatic rings. The zero-order chi connectivity index (χ0) is 14.9. The summed E-state index contributed by atoms with van der Waals surface area (Å²) in [7, 11) is -0.657. The van der Waals surface area contributed by atoms with Gasteiger partial charge in [0.25, 0.3) is 0 Å². The summed E-state index contributed by atoms with van der Waals surface area (Å²) >= 11 is 2.68. The van der Waals surface area contributed by atoms with Gasteiger partial charge in [-0.1, -0.05) is 0 Å². The van der Waals surface area contributed by atoms with E-state index in [-0.39, 0.29) is 10.7 Å². The first kappa shape index (κ1) is 15.2. The summed E-state index contributed by atoms with van der Waals surface area (Å²) in [6.45, 7) is 2.57. The maximum absolute atomic E-state index is 12.2. The average molecular weight is 332 g/mol. The summed E-state index contributed by atoms with van der Waals surface area (Å²) in [6, 6.07) is 0. The normalized spacial score (nSPS) is 12.0. The van der Waals surface area contributed by atoms with Crippen molar-refractivity contribution in [2.45, 2.75) is 18.4 Å². The van der Waals surface area contributed by atoms with Crippen molar-refractivity contribution in [1.29, 1.82) is 0 Å². The van der Waals surface area contributed by atoms with Gasteiger partial charge in [-0.2, -0.15) is 15.7 Å². The van der Waals surface area contributed by atoms with Crippen LogP contribution in [0.1, 0.15) is 11.1 Å². The lowest BCUT2D eigenvalue weighted by atomic mass is 10.2. The molecule has 2 rings (SSSR count). The molecule has 20 heavy (non-hydrogen) atoms. The zero-order valence-corrected chi connectivity index (χ0v) is 13.8. The highest BCUT2D eigenvalue weighted by Gasteiger charge is 2.27. The summed E-state index contributed by atoms with van der Waals surface area (Å²) in [6.07, 6.45) is 0. The van der Waals surface area contributed by atoms with Crippen LogP contribution in [-0.4, -0.2) is 31.2 Å². The maximum atomic E-state index is 12.2. The number of aromatic nitrogens is 1. The summed E-state index contributed by atoms with van der Waals surface area (Å²) in [4.78, 5) is 0.0559. The zero-order valence-electron chi connectivity index (χ0n) is 11.4. The average Bonchev–Trinajstić information content (AvgIpc) is 2.93. The molecule has 0 saturated carbocycles. The van der Waals surface area contributed by atoms with Gasteiger partial charge in [-0.3, -0.25) is 0 Å². The fourth-order valence-electron chi connectivity index (χ4n) is 1.58. The summed E-state index contributed by atoms with van der Waals surface area (Å²) in [5.41, 5.74) is 8.01. The Bertz CT molecular complexity index is 703. The predicted octanol–water partition coefficient (Wildman–Crippen LogP) is 1.96. The monoisotopic (exact) mass is 332 g/mol. The van der Waals surface area contributed by atoms with E-state index in [1.54, 1.807) is 11.3 Å². The molecule has 6 nitrogen and oxygen atoms in total. The minimum absolute atomic E-state index is 0.0354. The standard InChI is InChI=1S/C11H16N4O2S3/c1-7-5-18-6-8(7)4-13-11-9(10(12)14-19-11)20(16,17)15(2)3/h5-6,13H,4H2,1-3H3,(H2,12,14). The highest BCUT2D eigenvalue weighted by Crippen LogP contribution is 2.33. The Morgan fingerprint density at radius 1 is 1.40 bits per heavy atom. The fraction of sp³-hybridized carbons (Fsp3) is 0.364. The van der Waals surface area contributed by atoms with Gasteiger partial charge in [0.1, 0.15) is 5.00 Å². The van der Waals surface area contributed by atoms with Crippen LogP contribution >= 0.6 is 22.9 Å². The first-order chi connectivity index (χ1) is 9.34. The van der Waals surface area contributed by atoms with Crippen molar-refractivity contribution < 1.29 is 8.42 Å². The molecule has 0 unspecified atom stereocenters. The quantitative estimate of drug-likeness (QED) is 0.874. The van der Waals surface area contributed by atoms with Crippen molar-refractivity contribution in [1.82, 2.24) is 8.68 Å². The Kier molecular flexibility index (Phi) is 4.33. The predicted molar refractivity (Wildman–Crippen MR) is 83.8 cm³/mol. The molecule has 2 heterocycles. The van der Waals surface area contributed by atoms with E-state index in [2.05, 4.69) is 15.1 Å². The van der Waals surface area contributed by atoms with Crippen LogP contribution in [0.2, 0.25) is 0 Å². The summed E-state index contributed by atoms with van der Waals surface area (Å²) in [5, 5.41) is 7.67. The topological polar surface area (TPSA) is 88.3 Å². The van der Waals surface area contributed by atoms with Gasteiger partial charge in [0, 0.05) is 20.6 Å². The minimum Gasteiger partial charge on any atom is -0.382 e. The van der Waals surface area contributed by atoms with Crippen LogP contribution < -0.4 is 11.1 Å². The van der Waals surface area contributed by atoms with Crippen LogP contribution in [0.25, 0.3) is 0 Å². The van der Waals surface area contributed by atoms with E-state index >= 15 is 0 Å². The van der Waals surface area contributed by atoms with Gasteiger partial charge in [0.15, 0.2) is 10.7 Å². The molecular formula is C11H16N4O2S3. The molecule has 0 aliphatic carbocycles. The molecule has 0 fully saturated rings. The third-order valence-electron chi connectivity index (χ3n) is 2.81. The Morgan fingerprint density at radius 2 is 2.10 bits per heavy atom. The molecule has 9 heteroatoms. The van der Waals surface area contributed by atoms with Gasteiger partial charge < -0.3 is 11.1 Å². The minimum atomic E-state index is -3.60. The Labute approximate surface area is 126 Å². The van der Waals surface area contributed by atoms with Gasteiger partial charge in [0.05, 0.1) is 0 Å². The van der Waals surface area contributed by atoms with Crippen molar-refractivity contribution in [3.8, 4) is 0 Å². The smallest absolute Gasteiger partial charge is 0.249 e. The number of hydrogen-bond donors (Lipinski definition) is 2. The summed E-state index contributed by atoms with van der Waals surface area (Å²) < 4.78 is 29.5. The van der Waals surface area contributed by atoms with E-state index in [0.717, 1.165) is 21.4 Å². The molecule has 0 aliphatic heterocycles. The molecule has 2 aromatic heterocycles. The van der Waals surface area contributed by atoms with Crippen LogP contribution in [-0.2, 0) is 16.6 Å². The van der Waals surface area contributed by atoms with Crippen LogP contribution in [0.5, 0.6) is 0 Å². The molecule has 0 atom stereocenters. The van der Waals surface area contributed by atoms with Crippen LogP contribution in [0.3, 0.4) is 0 Å². The van der Waals surface area contributed by atoms with Crippen LogP contribution in [0, 0.1) is 6.92 Å². The van der Waals surface area contributed by atoms with Crippen molar-refractivity contribution in [3.63, 3.8) is 0 Å². The van der Waals surface area contributed by atoms with Crippen LogP contribution in [0.15, 0.2) is 15.7 Å². The molecule has 0 aromatic carbocycles. The number of nitrogens with two attached hydrogens (primary N) is 1. The lowest BCUT2D eigenvalue weighted by Crippen LogP contribution is -2.23. The van der Waals surface area contributed by atoms with Crippen molar-refractivity contribution in [3.05, 3.63) is 21.9 Å². The Hall–Kier alpha value is -1.16. The highest BCUT2D eigenvalue weighted by atomic mass is 32.2. The molecule has 0 amide bonds. The number of anilines is 2. The number of thiophene rings is 1. The van der Waals surface area contributed by atoms with Gasteiger partial charge >= 0.3 is 0 Å². The molecule has 0 aliphatic rings. The second-order valence-corrected chi connectivity index (χ2v) is 8.05. The third kappa shape index (κ3) is 2.80. The molecular weight excluding hydrogens is 316 g/mol. The summed E-state index contributed by atoms with van der Waals surface area (Å²) in [5.74, 6) is 0.0354. The van der Waals surface area contributed by atoms with E-state index in [1.165, 1.54) is 19.7 Å². The van der Waals surface area contributed by atoms with Crippen LogP contribution in [0.4, 0.5) is 10.8 Å². The molecule has 110 valence electrons. The second-order valence-electron chi connectivity index (χ2n) is 4.45. The van der Waals surface area contributed by atoms with Gasteiger partial charge in [-0.05, 0) is 40.3 Å². The van der Waals surface area contributed by atoms with E-state index in [9.17, 15) is 8.42 Å². The van der Waals surface area contributed by atoms with E-state index in [0.29, 0.717) is 11.5 Å². The number of sulfonamides is 1. The first-order valence-corrected chi connectivity index (χ1v) is 8.93. The Balaban J connectivity index is 2.29. The lowest BCUT2D eigenvalue weighted by molar-refractivity contribution is 0.521. The number of nitrogen functional groups attached to an aromatic ring is 1. The first-order valence-electron chi connectivity index (χ1n) is 5.77. The number of aryl methyl sites for hydroxylation is 1. The number of nitrogens with one attached hydrogen (secondary N) is 1. The number of rotatable bonds is 5. The second kappa shape index (κ2) is 5.68. The van der Waals surface area contributed by atoms with E-state index in [4.69, 9.17) is 5.73 Å². The lowest BCUT2D eigenvalue weighted by Gasteiger charge is -2.12. The van der Waals surface area contributed by atoms with Crippen molar-refractivity contribution >= 4 is 43.7 Å². The molecule has 0 radical (unpaired) electrons. The van der Waals surface area contributed by atoms with E-state index in [1.807, 2.05) is 12.3 Å². The number of nitrogens with zero attached hydrogens (tertiary/aromatic N) is 2. The largest absolute Gasteiger partial charge is 0.382 e. The van der Waals surface area contributed by atoms with E-state index < -0.39 is 10.0 Å². The third-order valence-corrected chi connectivity index (χ3v) is 6.56. The molecule has 0 bridgehead atoms. The Morgan fingerprint density at radius 3 is 2.65 bits per heavy atom. The molecule has 0 spiro atoms. The highest BCUT2D eigenvalue weighted by molar-refractivity contribution is 7.89. The van der Waals surface area contributed by atoms with Gasteiger partial charge in [-0.25, -0.2) is 12.7 Å². The van der Waals surface area contributed by atoms with Gasteiger partial charge in [-0.15, -0.1) is 0 Å². The SMILES string of the molecule is Cc1cscc1CNc1snc(N)c1S(=O)(=O)N(C)C. The van der Waals surface area contributed by atoms with Gasteiger partial charge in [0.2, 0.25) is 10.0 Å². The van der Waals surface area contributed by atoms with Crippen molar-refractivity contribution in [2.75, 3.05) is 25.1 Å². The number of hydrogen-bond acceptors (Lipinski definition) is 7. The fourth-order valence-corrected chi connectivity index (χ4v) is 4.51. The molecule has 3 N–H and O–H groups in total.